The van der Waals surface area contributed by atoms with E-state index in [4.69, 9.17) is 11.6 Å². The van der Waals surface area contributed by atoms with Crippen LogP contribution in [0.1, 0.15) is 19.8 Å². The Morgan fingerprint density at radius 2 is 2.17 bits per heavy atom. The van der Waals surface area contributed by atoms with Crippen LogP contribution in [0.15, 0.2) is 18.5 Å². The minimum atomic E-state index is 0.172. The highest BCUT2D eigenvalue weighted by molar-refractivity contribution is 6.28. The van der Waals surface area contributed by atoms with Crippen LogP contribution in [0.25, 0.3) is 5.95 Å². The van der Waals surface area contributed by atoms with E-state index >= 15 is 0 Å². The maximum Gasteiger partial charge on any atom is 0.256 e. The molecule has 0 aliphatic heterocycles. The van der Waals surface area contributed by atoms with Gasteiger partial charge in [0.25, 0.3) is 5.95 Å². The highest BCUT2D eigenvalue weighted by Gasteiger charge is 2.26. The number of aromatic nitrogens is 5. The second kappa shape index (κ2) is 4.53. The van der Waals surface area contributed by atoms with Gasteiger partial charge in [-0.2, -0.15) is 20.1 Å². The lowest BCUT2D eigenvalue weighted by Crippen LogP contribution is -2.34. The van der Waals surface area contributed by atoms with Gasteiger partial charge in [-0.15, -0.1) is 0 Å². The highest BCUT2D eigenvalue weighted by Crippen LogP contribution is 2.28. The molecule has 0 saturated heterocycles. The predicted octanol–water partition coefficient (Wildman–Crippen LogP) is 1.92. The Balaban J connectivity index is 1.82. The standard InChI is InChI=1S/C11H13ClN6/c1-7-5-8(6-7)14-10-15-9(12)16-11(17-10)18-4-2-3-13-18/h2-4,7-8H,5-6H2,1H3,(H,14,15,16,17). The zero-order valence-corrected chi connectivity index (χ0v) is 10.7. The number of hydrogen-bond donors (Lipinski definition) is 1. The van der Waals surface area contributed by atoms with Crippen molar-refractivity contribution in [1.82, 2.24) is 24.7 Å². The summed E-state index contributed by atoms with van der Waals surface area (Å²) >= 11 is 5.90. The Hall–Kier alpha value is -1.69. The van der Waals surface area contributed by atoms with Crippen molar-refractivity contribution < 1.29 is 0 Å². The lowest BCUT2D eigenvalue weighted by atomic mass is 9.82. The van der Waals surface area contributed by atoms with E-state index in [1.54, 1.807) is 23.1 Å². The van der Waals surface area contributed by atoms with Gasteiger partial charge in [0.05, 0.1) is 0 Å². The number of nitrogens with zero attached hydrogens (tertiary/aromatic N) is 5. The second-order valence-electron chi connectivity index (χ2n) is 4.60. The van der Waals surface area contributed by atoms with Gasteiger partial charge in [0.15, 0.2) is 0 Å². The smallest absolute Gasteiger partial charge is 0.256 e. The van der Waals surface area contributed by atoms with Gasteiger partial charge >= 0.3 is 0 Å². The largest absolute Gasteiger partial charge is 0.351 e. The molecular weight excluding hydrogens is 252 g/mol. The predicted molar refractivity (Wildman–Crippen MR) is 67.8 cm³/mol. The highest BCUT2D eigenvalue weighted by atomic mass is 35.5. The first-order valence-electron chi connectivity index (χ1n) is 5.89. The Morgan fingerprint density at radius 3 is 2.83 bits per heavy atom. The van der Waals surface area contributed by atoms with Crippen LogP contribution in [0.4, 0.5) is 5.95 Å². The van der Waals surface area contributed by atoms with Gasteiger partial charge in [0, 0.05) is 18.4 Å². The molecule has 0 aromatic carbocycles. The van der Waals surface area contributed by atoms with Crippen molar-refractivity contribution in [2.24, 2.45) is 5.92 Å². The van der Waals surface area contributed by atoms with Crippen molar-refractivity contribution in [3.63, 3.8) is 0 Å². The van der Waals surface area contributed by atoms with E-state index in [-0.39, 0.29) is 5.28 Å². The van der Waals surface area contributed by atoms with E-state index in [0.717, 1.165) is 18.8 Å². The molecule has 2 heterocycles. The van der Waals surface area contributed by atoms with Crippen molar-refractivity contribution in [2.45, 2.75) is 25.8 Å². The minimum absolute atomic E-state index is 0.172. The van der Waals surface area contributed by atoms with Crippen LogP contribution in [0.5, 0.6) is 0 Å². The van der Waals surface area contributed by atoms with Crippen molar-refractivity contribution in [3.05, 3.63) is 23.7 Å². The number of nitrogens with one attached hydrogen (secondary N) is 1. The average Bonchev–Trinajstić information content (AvgIpc) is 2.79. The Kier molecular flexibility index (Phi) is 2.87. The van der Waals surface area contributed by atoms with E-state index in [1.807, 2.05) is 0 Å². The summed E-state index contributed by atoms with van der Waals surface area (Å²) < 4.78 is 1.56. The number of halogens is 1. The summed E-state index contributed by atoms with van der Waals surface area (Å²) in [5.41, 5.74) is 0. The number of anilines is 1. The molecule has 0 unspecified atom stereocenters. The summed E-state index contributed by atoms with van der Waals surface area (Å²) in [7, 11) is 0. The van der Waals surface area contributed by atoms with Gasteiger partial charge in [0.2, 0.25) is 11.2 Å². The molecule has 1 fully saturated rings. The van der Waals surface area contributed by atoms with E-state index in [0.29, 0.717) is 17.9 Å². The quantitative estimate of drug-likeness (QED) is 0.917. The van der Waals surface area contributed by atoms with E-state index < -0.39 is 0 Å². The molecular formula is C11H13ClN6. The first-order valence-corrected chi connectivity index (χ1v) is 6.26. The Labute approximate surface area is 109 Å². The maximum absolute atomic E-state index is 5.90. The molecule has 7 heteroatoms. The molecule has 3 rings (SSSR count). The lowest BCUT2D eigenvalue weighted by Gasteiger charge is -2.33. The third kappa shape index (κ3) is 2.28. The normalized spacial score (nSPS) is 22.6. The third-order valence-electron chi connectivity index (χ3n) is 3.01. The van der Waals surface area contributed by atoms with Crippen LogP contribution < -0.4 is 5.32 Å². The zero-order valence-electron chi connectivity index (χ0n) is 9.91. The zero-order chi connectivity index (χ0) is 12.5. The van der Waals surface area contributed by atoms with Crippen LogP contribution in [0, 0.1) is 5.92 Å². The summed E-state index contributed by atoms with van der Waals surface area (Å²) in [6, 6.07) is 2.24. The molecule has 1 aliphatic carbocycles. The summed E-state index contributed by atoms with van der Waals surface area (Å²) in [6.07, 6.45) is 5.71. The molecule has 18 heavy (non-hydrogen) atoms. The SMILES string of the molecule is CC1CC(Nc2nc(Cl)nc(-n3cccn3)n2)C1. The van der Waals surface area contributed by atoms with E-state index in [9.17, 15) is 0 Å². The van der Waals surface area contributed by atoms with Crippen molar-refractivity contribution in [2.75, 3.05) is 5.32 Å². The van der Waals surface area contributed by atoms with Gasteiger partial charge in [-0.3, -0.25) is 0 Å². The van der Waals surface area contributed by atoms with Crippen LogP contribution in [0.2, 0.25) is 5.28 Å². The summed E-state index contributed by atoms with van der Waals surface area (Å²) in [5, 5.41) is 7.51. The molecule has 94 valence electrons. The van der Waals surface area contributed by atoms with Crippen LogP contribution in [-0.4, -0.2) is 30.8 Å². The molecule has 0 radical (unpaired) electrons. The molecule has 0 spiro atoms. The fourth-order valence-corrected chi connectivity index (χ4v) is 2.25. The topological polar surface area (TPSA) is 68.5 Å². The van der Waals surface area contributed by atoms with Crippen LogP contribution in [0.3, 0.4) is 0 Å². The fourth-order valence-electron chi connectivity index (χ4n) is 2.10. The molecule has 1 N–H and O–H groups in total. The molecule has 6 nitrogen and oxygen atoms in total. The average molecular weight is 265 g/mol. The number of rotatable bonds is 3. The molecule has 1 saturated carbocycles. The van der Waals surface area contributed by atoms with Gasteiger partial charge in [-0.05, 0) is 36.4 Å². The van der Waals surface area contributed by atoms with Gasteiger partial charge in [-0.1, -0.05) is 6.92 Å². The van der Waals surface area contributed by atoms with Crippen molar-refractivity contribution >= 4 is 17.5 Å². The summed E-state index contributed by atoms with van der Waals surface area (Å²) in [6.45, 7) is 2.23. The maximum atomic E-state index is 5.90. The first kappa shape index (κ1) is 11.4. The third-order valence-corrected chi connectivity index (χ3v) is 3.18. The minimum Gasteiger partial charge on any atom is -0.351 e. The molecule has 0 atom stereocenters. The summed E-state index contributed by atoms with van der Waals surface area (Å²) in [4.78, 5) is 12.4. The fraction of sp³-hybridized carbons (Fsp3) is 0.455. The second-order valence-corrected chi connectivity index (χ2v) is 4.93. The summed E-state index contributed by atoms with van der Waals surface area (Å²) in [5.74, 6) is 1.71. The molecule has 2 aromatic heterocycles. The molecule has 0 amide bonds. The Bertz CT molecular complexity index is 534. The van der Waals surface area contributed by atoms with Crippen molar-refractivity contribution in [3.8, 4) is 5.95 Å². The van der Waals surface area contributed by atoms with E-state index in [2.05, 4.69) is 32.3 Å². The van der Waals surface area contributed by atoms with Gasteiger partial charge in [-0.25, -0.2) is 4.68 Å². The van der Waals surface area contributed by atoms with Gasteiger partial charge in [0.1, 0.15) is 0 Å². The number of hydrogen-bond acceptors (Lipinski definition) is 5. The van der Waals surface area contributed by atoms with Gasteiger partial charge < -0.3 is 5.32 Å². The first-order chi connectivity index (χ1) is 8.70. The molecule has 2 aromatic rings. The monoisotopic (exact) mass is 264 g/mol. The van der Waals surface area contributed by atoms with Crippen LogP contribution >= 0.6 is 11.6 Å². The molecule has 1 aliphatic rings. The Morgan fingerprint density at radius 1 is 1.33 bits per heavy atom. The van der Waals surface area contributed by atoms with Crippen molar-refractivity contribution in [1.29, 1.82) is 0 Å². The van der Waals surface area contributed by atoms with E-state index in [1.165, 1.54) is 0 Å². The lowest BCUT2D eigenvalue weighted by molar-refractivity contribution is 0.308. The van der Waals surface area contributed by atoms with Crippen LogP contribution in [-0.2, 0) is 0 Å². The molecule has 0 bridgehead atoms.